The number of benzene rings is 3. The van der Waals surface area contributed by atoms with Crippen molar-refractivity contribution in [3.05, 3.63) is 101 Å². The van der Waals surface area contributed by atoms with E-state index in [1.807, 2.05) is 36.4 Å². The number of methoxy groups -OCH3 is 1. The number of amides is 1. The predicted molar refractivity (Wildman–Crippen MR) is 151 cm³/mol. The first kappa shape index (κ1) is 28.5. The van der Waals surface area contributed by atoms with Gasteiger partial charge in [0.05, 0.1) is 24.8 Å². The van der Waals surface area contributed by atoms with Gasteiger partial charge in [-0.3, -0.25) is 9.78 Å². The number of rotatable bonds is 13. The van der Waals surface area contributed by atoms with Gasteiger partial charge in [0.2, 0.25) is 0 Å². The molecule has 3 aromatic carbocycles. The van der Waals surface area contributed by atoms with Crippen LogP contribution in [0.2, 0.25) is 5.02 Å². The minimum absolute atomic E-state index is 0.0735. The van der Waals surface area contributed by atoms with Gasteiger partial charge in [-0.2, -0.15) is 0 Å². The number of fused-ring (bicyclic) bond motifs is 1. The Morgan fingerprint density at radius 3 is 2.64 bits per heavy atom. The monoisotopic (exact) mass is 549 g/mol. The van der Waals surface area contributed by atoms with E-state index in [0.29, 0.717) is 53.7 Å². The zero-order chi connectivity index (χ0) is 27.6. The smallest absolute Gasteiger partial charge is 0.251 e. The van der Waals surface area contributed by atoms with Crippen LogP contribution in [0.3, 0.4) is 0 Å². The number of pyridine rings is 1. The molecular weight excluding hydrogens is 518 g/mol. The van der Waals surface area contributed by atoms with Gasteiger partial charge in [-0.15, -0.1) is 0 Å². The van der Waals surface area contributed by atoms with Gasteiger partial charge < -0.3 is 30.3 Å². The molecule has 1 heterocycles. The molecule has 1 aromatic heterocycles. The summed E-state index contributed by atoms with van der Waals surface area (Å²) in [5.41, 5.74) is 2.90. The molecule has 2 atom stereocenters. The SMILES string of the molecule is COCCNC(=O)c1ccc2c(Oc3ccc(C[C@@H](CO)NC[C@H](O)c4cccc(Cl)c4)cc3)ccnc2c1. The minimum atomic E-state index is -0.732. The standard InChI is InChI=1S/C30H32ClN3O5/c1-38-14-13-33-30(37)22-7-10-26-27(17-22)32-12-11-29(26)39-25-8-5-20(6-9-25)15-24(19-35)34-18-28(36)21-3-2-4-23(31)16-21/h2-12,16-17,24,28,34-36H,13-15,18-19H2,1H3,(H,33,37)/t24-,28-/m0/s1. The van der Waals surface area contributed by atoms with Crippen molar-refractivity contribution in [1.82, 2.24) is 15.6 Å². The van der Waals surface area contributed by atoms with E-state index < -0.39 is 6.10 Å². The number of aliphatic hydroxyl groups excluding tert-OH is 2. The third-order valence-corrected chi connectivity index (χ3v) is 6.48. The lowest BCUT2D eigenvalue weighted by molar-refractivity contribution is 0.0937. The van der Waals surface area contributed by atoms with Gasteiger partial charge in [-0.25, -0.2) is 0 Å². The molecule has 0 radical (unpaired) electrons. The minimum Gasteiger partial charge on any atom is -0.457 e. The fraction of sp³-hybridized carbons (Fsp3) is 0.267. The summed E-state index contributed by atoms with van der Waals surface area (Å²) >= 11 is 6.01. The second-order valence-corrected chi connectivity index (χ2v) is 9.53. The summed E-state index contributed by atoms with van der Waals surface area (Å²) < 4.78 is 11.1. The lowest BCUT2D eigenvalue weighted by atomic mass is 10.0. The van der Waals surface area contributed by atoms with E-state index in [0.717, 1.165) is 16.5 Å². The molecule has 4 rings (SSSR count). The van der Waals surface area contributed by atoms with E-state index in [2.05, 4.69) is 15.6 Å². The van der Waals surface area contributed by atoms with Gasteiger partial charge in [0.15, 0.2) is 0 Å². The van der Waals surface area contributed by atoms with Crippen LogP contribution in [0.4, 0.5) is 0 Å². The van der Waals surface area contributed by atoms with Gasteiger partial charge in [0.1, 0.15) is 11.5 Å². The quantitative estimate of drug-likeness (QED) is 0.184. The van der Waals surface area contributed by atoms with E-state index in [9.17, 15) is 15.0 Å². The summed E-state index contributed by atoms with van der Waals surface area (Å²) in [6.07, 6.45) is 1.49. The zero-order valence-corrected chi connectivity index (χ0v) is 22.4. The van der Waals surface area contributed by atoms with Crippen molar-refractivity contribution in [3.8, 4) is 11.5 Å². The fourth-order valence-corrected chi connectivity index (χ4v) is 4.34. The number of nitrogens with zero attached hydrogens (tertiary/aromatic N) is 1. The molecule has 204 valence electrons. The molecule has 0 fully saturated rings. The number of ether oxygens (including phenoxy) is 2. The number of nitrogens with one attached hydrogen (secondary N) is 2. The van der Waals surface area contributed by atoms with Gasteiger partial charge in [0.25, 0.3) is 5.91 Å². The summed E-state index contributed by atoms with van der Waals surface area (Å²) in [7, 11) is 1.59. The van der Waals surface area contributed by atoms with Crippen molar-refractivity contribution in [3.63, 3.8) is 0 Å². The Morgan fingerprint density at radius 1 is 1.08 bits per heavy atom. The number of hydrogen-bond acceptors (Lipinski definition) is 7. The Labute approximate surface area is 232 Å². The maximum atomic E-state index is 12.4. The van der Waals surface area contributed by atoms with Gasteiger partial charge in [-0.1, -0.05) is 35.9 Å². The first-order valence-corrected chi connectivity index (χ1v) is 13.0. The van der Waals surface area contributed by atoms with Gasteiger partial charge in [0, 0.05) is 48.4 Å². The highest BCUT2D eigenvalue weighted by molar-refractivity contribution is 6.30. The van der Waals surface area contributed by atoms with Crippen LogP contribution < -0.4 is 15.4 Å². The summed E-state index contributed by atoms with van der Waals surface area (Å²) in [6.45, 7) is 1.09. The molecule has 0 bridgehead atoms. The molecule has 4 aromatic rings. The van der Waals surface area contributed by atoms with Crippen LogP contribution in [-0.4, -0.2) is 60.6 Å². The molecule has 0 aliphatic rings. The highest BCUT2D eigenvalue weighted by Gasteiger charge is 2.14. The molecule has 8 nitrogen and oxygen atoms in total. The van der Waals surface area contributed by atoms with Crippen molar-refractivity contribution >= 4 is 28.4 Å². The van der Waals surface area contributed by atoms with Crippen LogP contribution in [0.25, 0.3) is 10.9 Å². The number of carbonyl (C=O) groups excluding carboxylic acids is 1. The molecule has 4 N–H and O–H groups in total. The summed E-state index contributed by atoms with van der Waals surface area (Å²) in [5, 5.41) is 27.7. The maximum absolute atomic E-state index is 12.4. The van der Waals surface area contributed by atoms with Crippen molar-refractivity contribution < 1.29 is 24.5 Å². The maximum Gasteiger partial charge on any atom is 0.251 e. The van der Waals surface area contributed by atoms with E-state index >= 15 is 0 Å². The highest BCUT2D eigenvalue weighted by atomic mass is 35.5. The van der Waals surface area contributed by atoms with Crippen molar-refractivity contribution in [2.45, 2.75) is 18.6 Å². The molecular formula is C30H32ClN3O5. The van der Waals surface area contributed by atoms with Crippen LogP contribution in [0.15, 0.2) is 79.0 Å². The van der Waals surface area contributed by atoms with Crippen LogP contribution in [0.1, 0.15) is 27.6 Å². The van der Waals surface area contributed by atoms with Crippen LogP contribution in [-0.2, 0) is 11.2 Å². The van der Waals surface area contributed by atoms with E-state index in [4.69, 9.17) is 21.1 Å². The number of aliphatic hydroxyl groups is 2. The third kappa shape index (κ3) is 7.98. The Morgan fingerprint density at radius 2 is 1.90 bits per heavy atom. The number of halogens is 1. The second kappa shape index (κ2) is 14.0. The zero-order valence-electron chi connectivity index (χ0n) is 21.6. The Kier molecular flexibility index (Phi) is 10.2. The summed E-state index contributed by atoms with van der Waals surface area (Å²) in [4.78, 5) is 16.8. The lowest BCUT2D eigenvalue weighted by Gasteiger charge is -2.19. The molecule has 1 amide bonds. The van der Waals surface area contributed by atoms with E-state index in [1.165, 1.54) is 0 Å². The Hall–Kier alpha value is -3.53. The fourth-order valence-electron chi connectivity index (χ4n) is 4.14. The molecule has 9 heteroatoms. The molecule has 39 heavy (non-hydrogen) atoms. The van der Waals surface area contributed by atoms with Crippen LogP contribution in [0, 0.1) is 0 Å². The van der Waals surface area contributed by atoms with Crippen molar-refractivity contribution in [2.75, 3.05) is 33.4 Å². The molecule has 0 unspecified atom stereocenters. The lowest BCUT2D eigenvalue weighted by Crippen LogP contribution is -2.37. The van der Waals surface area contributed by atoms with Crippen LogP contribution in [0.5, 0.6) is 11.5 Å². The average Bonchev–Trinajstić information content (AvgIpc) is 2.96. The van der Waals surface area contributed by atoms with Crippen molar-refractivity contribution in [1.29, 1.82) is 0 Å². The molecule has 0 spiro atoms. The average molecular weight is 550 g/mol. The first-order valence-electron chi connectivity index (χ1n) is 12.7. The van der Waals surface area contributed by atoms with Crippen molar-refractivity contribution in [2.24, 2.45) is 0 Å². The molecule has 0 saturated carbocycles. The van der Waals surface area contributed by atoms with Crippen LogP contribution >= 0.6 is 11.6 Å². The molecule has 0 aliphatic carbocycles. The Bertz CT molecular complexity index is 1380. The Balaban J connectivity index is 1.36. The summed E-state index contributed by atoms with van der Waals surface area (Å²) in [5.74, 6) is 1.09. The number of hydrogen-bond donors (Lipinski definition) is 4. The first-order chi connectivity index (χ1) is 19.0. The summed E-state index contributed by atoms with van der Waals surface area (Å²) in [6, 6.07) is 21.6. The van der Waals surface area contributed by atoms with E-state index in [-0.39, 0.29) is 18.6 Å². The highest BCUT2D eigenvalue weighted by Crippen LogP contribution is 2.29. The number of aromatic nitrogens is 1. The molecule has 0 saturated heterocycles. The normalized spacial score (nSPS) is 12.7. The van der Waals surface area contributed by atoms with Gasteiger partial charge >= 0.3 is 0 Å². The topological polar surface area (TPSA) is 113 Å². The second-order valence-electron chi connectivity index (χ2n) is 9.10. The van der Waals surface area contributed by atoms with E-state index in [1.54, 1.807) is 49.7 Å². The van der Waals surface area contributed by atoms with Gasteiger partial charge in [-0.05, 0) is 66.1 Å². The largest absolute Gasteiger partial charge is 0.457 e. The predicted octanol–water partition coefficient (Wildman–Crippen LogP) is 4.28. The third-order valence-electron chi connectivity index (χ3n) is 6.24. The number of carbonyl (C=O) groups is 1. The molecule has 0 aliphatic heterocycles.